The number of hydrogen-bond acceptors (Lipinski definition) is 6. The van der Waals surface area contributed by atoms with Crippen LogP contribution in [0.15, 0.2) is 24.3 Å². The maximum atomic E-state index is 12.9. The number of sulfonamides is 1. The number of halogens is 4. The molecule has 13 heteroatoms. The van der Waals surface area contributed by atoms with Crippen LogP contribution in [0.2, 0.25) is 0 Å². The minimum absolute atomic E-state index is 0.128. The Balaban J connectivity index is 1.94. The Morgan fingerprint density at radius 3 is 2.24 bits per heavy atom. The maximum absolute atomic E-state index is 12.9. The fourth-order valence-electron chi connectivity index (χ4n) is 2.74. The van der Waals surface area contributed by atoms with Crippen LogP contribution in [-0.4, -0.2) is 79.9 Å². The summed E-state index contributed by atoms with van der Waals surface area (Å²) in [4.78, 5) is 12.3. The Labute approximate surface area is 165 Å². The third-order valence-electron chi connectivity index (χ3n) is 4.35. The average molecular weight is 443 g/mol. The maximum Gasteiger partial charge on any atom is 0.461 e. The van der Waals surface area contributed by atoms with Crippen LogP contribution in [-0.2, 0) is 14.8 Å². The third-order valence-corrected chi connectivity index (χ3v) is 6.41. The highest BCUT2D eigenvalue weighted by atomic mass is 32.2. The quantitative estimate of drug-likeness (QED) is 0.270. The van der Waals surface area contributed by atoms with Gasteiger partial charge in [0.15, 0.2) is 0 Å². The Kier molecular flexibility index (Phi) is 7.30. The van der Waals surface area contributed by atoms with Crippen molar-refractivity contribution in [1.29, 1.82) is 0 Å². The molecule has 164 valence electrons. The fraction of sp³-hybridized carbons (Fsp3) is 0.562. The van der Waals surface area contributed by atoms with E-state index in [0.717, 1.165) is 12.1 Å². The number of hydrogen-bond donors (Lipinski definition) is 1. The Morgan fingerprint density at radius 2 is 1.76 bits per heavy atom. The fourth-order valence-corrected chi connectivity index (χ4v) is 4.43. The van der Waals surface area contributed by atoms with Gasteiger partial charge in [0.2, 0.25) is 16.4 Å². The van der Waals surface area contributed by atoms with Gasteiger partial charge in [0.05, 0.1) is 11.8 Å². The first-order valence-corrected chi connectivity index (χ1v) is 10.2. The van der Waals surface area contributed by atoms with E-state index in [4.69, 9.17) is 0 Å². The summed E-state index contributed by atoms with van der Waals surface area (Å²) < 4.78 is 80.2. The third kappa shape index (κ3) is 5.93. The molecule has 8 nitrogen and oxygen atoms in total. The molecule has 29 heavy (non-hydrogen) atoms. The van der Waals surface area contributed by atoms with E-state index in [1.165, 1.54) is 23.4 Å². The summed E-state index contributed by atoms with van der Waals surface area (Å²) in [5, 5.41) is 9.56. The summed E-state index contributed by atoms with van der Waals surface area (Å²) in [6, 6.07) is 4.18. The molecule has 1 fully saturated rings. The first kappa shape index (κ1) is 23.2. The summed E-state index contributed by atoms with van der Waals surface area (Å²) >= 11 is 0. The zero-order valence-corrected chi connectivity index (χ0v) is 16.2. The van der Waals surface area contributed by atoms with Gasteiger partial charge in [-0.1, -0.05) is 0 Å². The van der Waals surface area contributed by atoms with Crippen molar-refractivity contribution in [3.05, 3.63) is 24.3 Å². The lowest BCUT2D eigenvalue weighted by Gasteiger charge is -2.36. The first-order valence-electron chi connectivity index (χ1n) is 8.56. The topological polar surface area (TPSA) is 90.4 Å². The molecule has 1 atom stereocenters. The predicted octanol–water partition coefficient (Wildman–Crippen LogP) is 1.61. The average Bonchev–Trinajstić information content (AvgIpc) is 2.67. The van der Waals surface area contributed by atoms with Gasteiger partial charge in [0.1, 0.15) is 5.75 Å². The van der Waals surface area contributed by atoms with E-state index in [1.54, 1.807) is 4.90 Å². The van der Waals surface area contributed by atoms with Crippen LogP contribution < -0.4 is 9.64 Å². The van der Waals surface area contributed by atoms with Crippen LogP contribution in [0.25, 0.3) is 0 Å². The molecule has 0 saturated carbocycles. The number of benzene rings is 1. The molecule has 1 N–H and O–H groups in total. The van der Waals surface area contributed by atoms with Crippen molar-refractivity contribution < 1.29 is 40.7 Å². The van der Waals surface area contributed by atoms with Gasteiger partial charge in [-0.15, -0.1) is 0 Å². The van der Waals surface area contributed by atoms with Gasteiger partial charge in [-0.25, -0.2) is 13.5 Å². The molecule has 0 aliphatic carbocycles. The number of anilines is 1. The molecule has 1 unspecified atom stereocenters. The number of piperazine rings is 1. The SMILES string of the molecule is CC(CS(=O)(=O)N1CCN(c2ccc(OC(F)(F)C(F)F)cc2)CC1)N(O)C=O. The van der Waals surface area contributed by atoms with Crippen molar-refractivity contribution in [3.63, 3.8) is 0 Å². The van der Waals surface area contributed by atoms with Crippen LogP contribution in [0.5, 0.6) is 5.75 Å². The first-order chi connectivity index (χ1) is 13.5. The number of rotatable bonds is 9. The van der Waals surface area contributed by atoms with Crippen LogP contribution in [0, 0.1) is 0 Å². The van der Waals surface area contributed by atoms with Crippen molar-refractivity contribution in [2.24, 2.45) is 0 Å². The van der Waals surface area contributed by atoms with Gasteiger partial charge < -0.3 is 9.64 Å². The molecule has 1 aliphatic heterocycles. The van der Waals surface area contributed by atoms with Crippen molar-refractivity contribution in [2.75, 3.05) is 36.8 Å². The van der Waals surface area contributed by atoms with Crippen molar-refractivity contribution in [1.82, 2.24) is 9.37 Å². The molecule has 1 heterocycles. The highest BCUT2D eigenvalue weighted by Crippen LogP contribution is 2.29. The zero-order valence-electron chi connectivity index (χ0n) is 15.4. The Hall–Kier alpha value is -2.12. The lowest BCUT2D eigenvalue weighted by atomic mass is 10.2. The highest BCUT2D eigenvalue weighted by Gasteiger charge is 2.44. The predicted molar refractivity (Wildman–Crippen MR) is 94.7 cm³/mol. The van der Waals surface area contributed by atoms with Crippen molar-refractivity contribution in [3.8, 4) is 5.75 Å². The molecule has 0 aromatic heterocycles. The second-order valence-electron chi connectivity index (χ2n) is 6.46. The van der Waals surface area contributed by atoms with Gasteiger partial charge in [-0.3, -0.25) is 10.0 Å². The lowest BCUT2D eigenvalue weighted by molar-refractivity contribution is -0.253. The molecule has 1 aromatic carbocycles. The molecule has 1 saturated heterocycles. The second kappa shape index (κ2) is 9.13. The second-order valence-corrected chi connectivity index (χ2v) is 8.47. The molecule has 0 bridgehead atoms. The summed E-state index contributed by atoms with van der Waals surface area (Å²) in [7, 11) is -3.71. The standard InChI is InChI=1S/C16H21F4N3O5S/c1-12(23(25)11-24)10-29(26,27)22-8-6-21(7-9-22)13-2-4-14(5-3-13)28-16(19,20)15(17)18/h2-5,11-12,15,25H,6-10H2,1H3. The minimum atomic E-state index is -4.59. The molecule has 0 spiro atoms. The van der Waals surface area contributed by atoms with E-state index in [9.17, 15) is 36.0 Å². The highest BCUT2D eigenvalue weighted by molar-refractivity contribution is 7.89. The number of carbonyl (C=O) groups is 1. The molecule has 2 rings (SSSR count). The van der Waals surface area contributed by atoms with Crippen LogP contribution >= 0.6 is 0 Å². The molecule has 0 radical (unpaired) electrons. The van der Waals surface area contributed by atoms with Crippen molar-refractivity contribution in [2.45, 2.75) is 25.5 Å². The number of nitrogens with zero attached hydrogens (tertiary/aromatic N) is 3. The molecular formula is C16H21F4N3O5S. The van der Waals surface area contributed by atoms with Crippen LogP contribution in [0.3, 0.4) is 0 Å². The molecule has 1 aliphatic rings. The molecule has 1 aromatic rings. The van der Waals surface area contributed by atoms with E-state index in [0.29, 0.717) is 18.8 Å². The van der Waals surface area contributed by atoms with E-state index in [1.807, 2.05) is 0 Å². The summed E-state index contributed by atoms with van der Waals surface area (Å²) in [5.41, 5.74) is 0.589. The Bertz CT molecular complexity index is 786. The number of hydroxylamine groups is 2. The molecule has 1 amide bonds. The summed E-state index contributed by atoms with van der Waals surface area (Å²) in [6.45, 7) is 2.28. The smallest absolute Gasteiger partial charge is 0.428 e. The van der Waals surface area contributed by atoms with Gasteiger partial charge in [0.25, 0.3) is 0 Å². The van der Waals surface area contributed by atoms with E-state index < -0.39 is 40.1 Å². The normalized spacial score (nSPS) is 17.3. The van der Waals surface area contributed by atoms with Crippen LogP contribution in [0.4, 0.5) is 23.2 Å². The number of ether oxygens (including phenoxy) is 1. The van der Waals surface area contributed by atoms with E-state index in [2.05, 4.69) is 4.74 Å². The largest absolute Gasteiger partial charge is 0.461 e. The zero-order chi connectivity index (χ0) is 21.8. The summed E-state index contributed by atoms with van der Waals surface area (Å²) in [5.74, 6) is -0.856. The van der Waals surface area contributed by atoms with Crippen LogP contribution in [0.1, 0.15) is 6.92 Å². The number of carbonyl (C=O) groups excluding carboxylic acids is 1. The van der Waals surface area contributed by atoms with Crippen molar-refractivity contribution >= 4 is 22.1 Å². The Morgan fingerprint density at radius 1 is 1.21 bits per heavy atom. The minimum Gasteiger partial charge on any atom is -0.428 e. The number of amides is 1. The van der Waals surface area contributed by atoms with Gasteiger partial charge in [-0.2, -0.15) is 21.9 Å². The monoisotopic (exact) mass is 443 g/mol. The van der Waals surface area contributed by atoms with Gasteiger partial charge in [-0.05, 0) is 31.2 Å². The van der Waals surface area contributed by atoms with E-state index in [-0.39, 0.29) is 24.6 Å². The van der Waals surface area contributed by atoms with E-state index >= 15 is 0 Å². The molecular weight excluding hydrogens is 422 g/mol. The van der Waals surface area contributed by atoms with Gasteiger partial charge in [0, 0.05) is 31.9 Å². The lowest BCUT2D eigenvalue weighted by Crippen LogP contribution is -2.51. The summed E-state index contributed by atoms with van der Waals surface area (Å²) in [6.07, 6.45) is -8.42. The number of alkyl halides is 4. The van der Waals surface area contributed by atoms with Gasteiger partial charge >= 0.3 is 12.5 Å².